The maximum atomic E-state index is 5.48. The van der Waals surface area contributed by atoms with Gasteiger partial charge in [-0.15, -0.1) is 0 Å². The first-order valence-corrected chi connectivity index (χ1v) is 7.24. The summed E-state index contributed by atoms with van der Waals surface area (Å²) in [6, 6.07) is 7.15. The van der Waals surface area contributed by atoms with Crippen LogP contribution in [0.2, 0.25) is 0 Å². The van der Waals surface area contributed by atoms with Crippen molar-refractivity contribution in [2.75, 3.05) is 20.7 Å². The van der Waals surface area contributed by atoms with E-state index in [9.17, 15) is 0 Å². The predicted octanol–water partition coefficient (Wildman–Crippen LogP) is 2.60. The zero-order valence-electron chi connectivity index (χ0n) is 12.3. The Morgan fingerprint density at radius 1 is 1.30 bits per heavy atom. The van der Waals surface area contributed by atoms with E-state index in [2.05, 4.69) is 49.3 Å². The monoisotopic (exact) mass is 268 g/mol. The van der Waals surface area contributed by atoms with E-state index < -0.39 is 0 Å². The Bertz CT molecular complexity index is 713. The van der Waals surface area contributed by atoms with Gasteiger partial charge in [0, 0.05) is 30.1 Å². The van der Waals surface area contributed by atoms with Crippen molar-refractivity contribution in [3.05, 3.63) is 47.2 Å². The fraction of sp³-hybridized carbons (Fsp3) is 0.412. The molecule has 2 heterocycles. The van der Waals surface area contributed by atoms with E-state index in [4.69, 9.17) is 4.84 Å². The fourth-order valence-electron chi connectivity index (χ4n) is 4.01. The second-order valence-corrected chi connectivity index (χ2v) is 6.13. The molecule has 3 heteroatoms. The highest BCUT2D eigenvalue weighted by molar-refractivity contribution is 5.89. The summed E-state index contributed by atoms with van der Waals surface area (Å²) >= 11 is 0. The average Bonchev–Trinajstić information content (AvgIpc) is 2.80. The molecule has 2 unspecified atom stereocenters. The van der Waals surface area contributed by atoms with Gasteiger partial charge in [-0.1, -0.05) is 23.8 Å². The minimum atomic E-state index is 0.512. The molecule has 20 heavy (non-hydrogen) atoms. The lowest BCUT2D eigenvalue weighted by molar-refractivity contribution is 0.178. The molecule has 2 aromatic rings. The Morgan fingerprint density at radius 2 is 2.15 bits per heavy atom. The second kappa shape index (κ2) is 4.13. The van der Waals surface area contributed by atoms with Crippen molar-refractivity contribution < 1.29 is 4.84 Å². The number of hydrogen-bond donors (Lipinski definition) is 0. The van der Waals surface area contributed by atoms with Crippen molar-refractivity contribution in [2.45, 2.75) is 25.3 Å². The van der Waals surface area contributed by atoms with Crippen LogP contribution in [0.3, 0.4) is 0 Å². The van der Waals surface area contributed by atoms with Crippen LogP contribution in [0.5, 0.6) is 0 Å². The summed E-state index contributed by atoms with van der Waals surface area (Å²) in [5.41, 5.74) is 5.53. The molecule has 2 aliphatic rings. The third-order valence-corrected chi connectivity index (χ3v) is 4.83. The molecular weight excluding hydrogens is 248 g/mol. The molecule has 0 spiro atoms. The molecule has 0 fully saturated rings. The summed E-state index contributed by atoms with van der Waals surface area (Å²) < 4.78 is 1.90. The first-order chi connectivity index (χ1) is 9.69. The SMILES string of the molecule is COn1cc2c3c(cccc31)C1C=C(C)CN(C)C1C2. The van der Waals surface area contributed by atoms with Crippen LogP contribution in [0.4, 0.5) is 0 Å². The van der Waals surface area contributed by atoms with Gasteiger partial charge < -0.3 is 4.84 Å². The van der Waals surface area contributed by atoms with Gasteiger partial charge in [-0.3, -0.25) is 4.90 Å². The Kier molecular flexibility index (Phi) is 2.48. The predicted molar refractivity (Wildman–Crippen MR) is 81.1 cm³/mol. The quantitative estimate of drug-likeness (QED) is 0.740. The zero-order chi connectivity index (χ0) is 13.9. The molecule has 0 bridgehead atoms. The number of hydrogen-bond acceptors (Lipinski definition) is 2. The van der Waals surface area contributed by atoms with E-state index in [0.29, 0.717) is 12.0 Å². The number of nitrogens with zero attached hydrogens (tertiary/aromatic N) is 2. The first-order valence-electron chi connectivity index (χ1n) is 7.24. The fourth-order valence-corrected chi connectivity index (χ4v) is 4.01. The largest absolute Gasteiger partial charge is 0.417 e. The minimum Gasteiger partial charge on any atom is -0.417 e. The molecule has 1 aliphatic heterocycles. The lowest BCUT2D eigenvalue weighted by atomic mass is 9.77. The molecule has 0 amide bonds. The van der Waals surface area contributed by atoms with Crippen LogP contribution in [-0.4, -0.2) is 36.4 Å². The van der Waals surface area contributed by atoms with E-state index in [1.54, 1.807) is 7.11 Å². The summed E-state index contributed by atoms with van der Waals surface area (Å²) in [5.74, 6) is 0.512. The van der Waals surface area contributed by atoms with E-state index in [1.165, 1.54) is 27.6 Å². The molecule has 0 radical (unpaired) electrons. The van der Waals surface area contributed by atoms with Gasteiger partial charge in [0.15, 0.2) is 0 Å². The van der Waals surface area contributed by atoms with Crippen molar-refractivity contribution in [3.63, 3.8) is 0 Å². The second-order valence-electron chi connectivity index (χ2n) is 6.13. The van der Waals surface area contributed by atoms with Crippen molar-refractivity contribution in [1.82, 2.24) is 9.63 Å². The molecule has 1 aromatic carbocycles. The molecule has 0 N–H and O–H groups in total. The van der Waals surface area contributed by atoms with E-state index in [-0.39, 0.29) is 0 Å². The number of rotatable bonds is 1. The Morgan fingerprint density at radius 3 is 2.95 bits per heavy atom. The number of benzene rings is 1. The Balaban J connectivity index is 1.99. The van der Waals surface area contributed by atoms with Gasteiger partial charge in [-0.2, -0.15) is 4.73 Å². The third kappa shape index (κ3) is 1.50. The molecule has 2 atom stereocenters. The highest BCUT2D eigenvalue weighted by Crippen LogP contribution is 2.42. The van der Waals surface area contributed by atoms with Crippen LogP contribution in [-0.2, 0) is 6.42 Å². The van der Waals surface area contributed by atoms with Crippen molar-refractivity contribution in [2.24, 2.45) is 0 Å². The molecule has 1 aliphatic carbocycles. The van der Waals surface area contributed by atoms with Gasteiger partial charge in [0.2, 0.25) is 0 Å². The van der Waals surface area contributed by atoms with Crippen molar-refractivity contribution in [3.8, 4) is 0 Å². The summed E-state index contributed by atoms with van der Waals surface area (Å²) in [6.07, 6.45) is 5.73. The van der Waals surface area contributed by atoms with Crippen LogP contribution in [0.25, 0.3) is 10.9 Å². The third-order valence-electron chi connectivity index (χ3n) is 4.83. The molecule has 4 rings (SSSR count). The van der Waals surface area contributed by atoms with Crippen LogP contribution < -0.4 is 4.84 Å². The maximum Gasteiger partial charge on any atom is 0.104 e. The Hall–Kier alpha value is -1.74. The summed E-state index contributed by atoms with van der Waals surface area (Å²) in [4.78, 5) is 7.97. The highest BCUT2D eigenvalue weighted by Gasteiger charge is 2.35. The molecule has 104 valence electrons. The van der Waals surface area contributed by atoms with Gasteiger partial charge in [-0.05, 0) is 37.6 Å². The van der Waals surface area contributed by atoms with Gasteiger partial charge in [0.05, 0.1) is 5.52 Å². The lowest BCUT2D eigenvalue weighted by Gasteiger charge is -2.40. The van der Waals surface area contributed by atoms with Crippen LogP contribution in [0, 0.1) is 0 Å². The molecule has 3 nitrogen and oxygen atoms in total. The summed E-state index contributed by atoms with van der Waals surface area (Å²) in [7, 11) is 3.98. The molecule has 0 saturated heterocycles. The van der Waals surface area contributed by atoms with Gasteiger partial charge in [-0.25, -0.2) is 0 Å². The number of likely N-dealkylation sites (N-methyl/N-ethyl adjacent to an activating group) is 1. The molecule has 1 aromatic heterocycles. The molecular formula is C17H20N2O. The van der Waals surface area contributed by atoms with Crippen molar-refractivity contribution >= 4 is 10.9 Å². The maximum absolute atomic E-state index is 5.48. The minimum absolute atomic E-state index is 0.512. The van der Waals surface area contributed by atoms with E-state index >= 15 is 0 Å². The average molecular weight is 268 g/mol. The van der Waals surface area contributed by atoms with Gasteiger partial charge >= 0.3 is 0 Å². The van der Waals surface area contributed by atoms with Gasteiger partial charge in [0.1, 0.15) is 7.11 Å². The smallest absolute Gasteiger partial charge is 0.104 e. The number of aromatic nitrogens is 1. The van der Waals surface area contributed by atoms with Gasteiger partial charge in [0.25, 0.3) is 0 Å². The first kappa shape index (κ1) is 12.0. The lowest BCUT2D eigenvalue weighted by Crippen LogP contribution is -2.43. The number of fused-ring (bicyclic) bond motifs is 2. The van der Waals surface area contributed by atoms with Crippen molar-refractivity contribution in [1.29, 1.82) is 0 Å². The van der Waals surface area contributed by atoms with Crippen LogP contribution in [0.15, 0.2) is 36.0 Å². The standard InChI is InChI=1S/C17H20N2O/c1-11-7-14-13-5-4-6-15-17(13)12(10-19(15)20-3)8-16(14)18(2)9-11/h4-7,10,14,16H,8-9H2,1-3H3. The van der Waals surface area contributed by atoms with E-state index in [1.807, 2.05) is 4.73 Å². The zero-order valence-corrected chi connectivity index (χ0v) is 12.3. The summed E-state index contributed by atoms with van der Waals surface area (Å²) in [5, 5.41) is 1.40. The topological polar surface area (TPSA) is 17.4 Å². The summed E-state index contributed by atoms with van der Waals surface area (Å²) in [6.45, 7) is 3.32. The van der Waals surface area contributed by atoms with Crippen LogP contribution >= 0.6 is 0 Å². The normalized spacial score (nSPS) is 25.4. The van der Waals surface area contributed by atoms with Crippen LogP contribution in [0.1, 0.15) is 24.0 Å². The van der Waals surface area contributed by atoms with E-state index in [0.717, 1.165) is 13.0 Å². The Labute approximate surface area is 119 Å². The highest BCUT2D eigenvalue weighted by atomic mass is 16.6. The molecule has 0 saturated carbocycles.